The third kappa shape index (κ3) is 4.25. The molecule has 1 unspecified atom stereocenters. The van der Waals surface area contributed by atoms with Crippen LogP contribution in [-0.4, -0.2) is 68.3 Å². The highest BCUT2D eigenvalue weighted by molar-refractivity contribution is 5.77. The van der Waals surface area contributed by atoms with Crippen molar-refractivity contribution in [2.45, 2.75) is 32.9 Å². The van der Waals surface area contributed by atoms with E-state index in [2.05, 4.69) is 24.0 Å². The lowest BCUT2D eigenvalue weighted by Crippen LogP contribution is -2.49. The molecule has 138 valence electrons. The van der Waals surface area contributed by atoms with Crippen LogP contribution in [0.4, 0.5) is 0 Å². The largest absolute Gasteiger partial charge is 0.494 e. The topological polar surface area (TPSA) is 51.2 Å². The Morgan fingerprint density at radius 1 is 1.28 bits per heavy atom. The highest BCUT2D eigenvalue weighted by Gasteiger charge is 2.25. The monoisotopic (exact) mass is 348 g/mol. The smallest absolute Gasteiger partial charge is 0.248 e. The average molecular weight is 348 g/mol. The molecule has 1 fully saturated rings. The van der Waals surface area contributed by atoms with Crippen LogP contribution in [0.25, 0.3) is 0 Å². The van der Waals surface area contributed by atoms with Crippen molar-refractivity contribution in [2.75, 3.05) is 46.5 Å². The Morgan fingerprint density at radius 3 is 2.72 bits per heavy atom. The van der Waals surface area contributed by atoms with Gasteiger partial charge in [-0.15, -0.1) is 0 Å². The van der Waals surface area contributed by atoms with Crippen molar-refractivity contribution >= 4 is 5.91 Å². The van der Waals surface area contributed by atoms with Crippen molar-refractivity contribution < 1.29 is 19.0 Å². The van der Waals surface area contributed by atoms with Crippen LogP contribution in [-0.2, 0) is 22.5 Å². The Hall–Kier alpha value is -1.79. The molecular formula is C19H28N2O4. The number of hydrogen-bond donors (Lipinski definition) is 0. The van der Waals surface area contributed by atoms with E-state index in [-0.39, 0.29) is 18.6 Å². The van der Waals surface area contributed by atoms with Crippen molar-refractivity contribution in [1.82, 2.24) is 9.80 Å². The maximum absolute atomic E-state index is 11.9. The summed E-state index contributed by atoms with van der Waals surface area (Å²) in [6, 6.07) is 4.27. The molecule has 0 spiro atoms. The Labute approximate surface area is 149 Å². The van der Waals surface area contributed by atoms with E-state index in [4.69, 9.17) is 14.2 Å². The second-order valence-electron chi connectivity index (χ2n) is 6.72. The number of piperazine rings is 1. The highest BCUT2D eigenvalue weighted by atomic mass is 16.5. The van der Waals surface area contributed by atoms with Gasteiger partial charge < -0.3 is 19.1 Å². The third-order valence-corrected chi connectivity index (χ3v) is 4.77. The Balaban J connectivity index is 1.65. The molecule has 1 saturated heterocycles. The standard InChI is InChI=1S/C19H28N2O4/c1-4-24-17-10-15-9-14(2)25-18(15)11-16(17)12-20-5-7-21(8-6-20)19(22)13-23-3/h10-11,14H,4-9,12-13H2,1-3H3. The van der Waals surface area contributed by atoms with Crippen molar-refractivity contribution in [2.24, 2.45) is 0 Å². The molecule has 1 aromatic rings. The number of carbonyl (C=O) groups excluding carboxylic acids is 1. The van der Waals surface area contributed by atoms with E-state index >= 15 is 0 Å². The van der Waals surface area contributed by atoms with Crippen LogP contribution in [0.3, 0.4) is 0 Å². The number of ether oxygens (including phenoxy) is 3. The normalized spacial score (nSPS) is 20.3. The summed E-state index contributed by atoms with van der Waals surface area (Å²) in [5.74, 6) is 2.01. The SMILES string of the molecule is CCOc1cc2c(cc1CN1CCN(C(=O)COC)CC1)OC(C)C2. The fraction of sp³-hybridized carbons (Fsp3) is 0.632. The first-order valence-electron chi connectivity index (χ1n) is 9.05. The average Bonchev–Trinajstić information content (AvgIpc) is 2.95. The summed E-state index contributed by atoms with van der Waals surface area (Å²) in [4.78, 5) is 16.1. The first kappa shape index (κ1) is 18.0. The summed E-state index contributed by atoms with van der Waals surface area (Å²) >= 11 is 0. The highest BCUT2D eigenvalue weighted by Crippen LogP contribution is 2.35. The maximum atomic E-state index is 11.9. The van der Waals surface area contributed by atoms with E-state index in [1.54, 1.807) is 7.11 Å². The zero-order chi connectivity index (χ0) is 17.8. The van der Waals surface area contributed by atoms with Crippen LogP contribution in [0.5, 0.6) is 11.5 Å². The molecule has 0 aromatic heterocycles. The molecule has 0 bridgehead atoms. The molecule has 25 heavy (non-hydrogen) atoms. The Kier molecular flexibility index (Phi) is 5.81. The summed E-state index contributed by atoms with van der Waals surface area (Å²) in [6.07, 6.45) is 1.17. The van der Waals surface area contributed by atoms with E-state index in [1.807, 2.05) is 11.8 Å². The first-order chi connectivity index (χ1) is 12.1. The quantitative estimate of drug-likeness (QED) is 0.783. The van der Waals surface area contributed by atoms with E-state index in [9.17, 15) is 4.79 Å². The van der Waals surface area contributed by atoms with Gasteiger partial charge in [-0.05, 0) is 26.0 Å². The van der Waals surface area contributed by atoms with E-state index in [0.29, 0.717) is 6.61 Å². The van der Waals surface area contributed by atoms with E-state index in [0.717, 1.165) is 56.2 Å². The zero-order valence-corrected chi connectivity index (χ0v) is 15.4. The molecule has 1 amide bonds. The molecule has 1 aromatic carbocycles. The van der Waals surface area contributed by atoms with Crippen LogP contribution in [0.1, 0.15) is 25.0 Å². The van der Waals surface area contributed by atoms with Gasteiger partial charge in [0.15, 0.2) is 0 Å². The lowest BCUT2D eigenvalue weighted by molar-refractivity contribution is -0.136. The summed E-state index contributed by atoms with van der Waals surface area (Å²) in [5.41, 5.74) is 2.39. The number of benzene rings is 1. The molecule has 6 nitrogen and oxygen atoms in total. The third-order valence-electron chi connectivity index (χ3n) is 4.77. The van der Waals surface area contributed by atoms with Gasteiger partial charge in [0.05, 0.1) is 6.61 Å². The molecule has 3 rings (SSSR count). The molecule has 2 heterocycles. The molecule has 2 aliphatic heterocycles. The fourth-order valence-corrected chi connectivity index (χ4v) is 3.51. The van der Waals surface area contributed by atoms with E-state index in [1.165, 1.54) is 5.56 Å². The summed E-state index contributed by atoms with van der Waals surface area (Å²) in [7, 11) is 1.56. The van der Waals surface area contributed by atoms with Crippen molar-refractivity contribution in [1.29, 1.82) is 0 Å². The molecular weight excluding hydrogens is 320 g/mol. The molecule has 0 aliphatic carbocycles. The van der Waals surface area contributed by atoms with Gasteiger partial charge in [0.25, 0.3) is 0 Å². The summed E-state index contributed by atoms with van der Waals surface area (Å²) < 4.78 is 16.7. The van der Waals surface area contributed by atoms with Crippen LogP contribution in [0.2, 0.25) is 0 Å². The lowest BCUT2D eigenvalue weighted by atomic mass is 10.1. The molecule has 0 N–H and O–H groups in total. The van der Waals surface area contributed by atoms with Crippen molar-refractivity contribution in [3.8, 4) is 11.5 Å². The minimum Gasteiger partial charge on any atom is -0.494 e. The number of methoxy groups -OCH3 is 1. The molecule has 2 aliphatic rings. The summed E-state index contributed by atoms with van der Waals surface area (Å²) in [6.45, 7) is 8.93. The molecule has 0 saturated carbocycles. The van der Waals surface area contributed by atoms with Gasteiger partial charge in [-0.3, -0.25) is 9.69 Å². The number of carbonyl (C=O) groups is 1. The van der Waals surface area contributed by atoms with Crippen LogP contribution in [0.15, 0.2) is 12.1 Å². The van der Waals surface area contributed by atoms with Gasteiger partial charge in [-0.1, -0.05) is 0 Å². The number of hydrogen-bond acceptors (Lipinski definition) is 5. The molecule has 6 heteroatoms. The van der Waals surface area contributed by atoms with Gasteiger partial charge in [-0.25, -0.2) is 0 Å². The van der Waals surface area contributed by atoms with Crippen LogP contribution in [0, 0.1) is 0 Å². The maximum Gasteiger partial charge on any atom is 0.248 e. The van der Waals surface area contributed by atoms with Gasteiger partial charge in [0, 0.05) is 57.4 Å². The zero-order valence-electron chi connectivity index (χ0n) is 15.4. The first-order valence-corrected chi connectivity index (χ1v) is 9.05. The van der Waals surface area contributed by atoms with Crippen LogP contribution < -0.4 is 9.47 Å². The van der Waals surface area contributed by atoms with Crippen LogP contribution >= 0.6 is 0 Å². The second-order valence-corrected chi connectivity index (χ2v) is 6.72. The van der Waals surface area contributed by atoms with Crippen molar-refractivity contribution in [3.05, 3.63) is 23.3 Å². The lowest BCUT2D eigenvalue weighted by Gasteiger charge is -2.35. The molecule has 0 radical (unpaired) electrons. The Morgan fingerprint density at radius 2 is 2.04 bits per heavy atom. The fourth-order valence-electron chi connectivity index (χ4n) is 3.51. The minimum absolute atomic E-state index is 0.0667. The number of nitrogens with zero attached hydrogens (tertiary/aromatic N) is 2. The van der Waals surface area contributed by atoms with Gasteiger partial charge in [0.1, 0.15) is 24.2 Å². The predicted octanol–water partition coefficient (Wildman–Crippen LogP) is 1.70. The van der Waals surface area contributed by atoms with Crippen molar-refractivity contribution in [3.63, 3.8) is 0 Å². The van der Waals surface area contributed by atoms with Gasteiger partial charge in [-0.2, -0.15) is 0 Å². The number of amides is 1. The minimum atomic E-state index is 0.0667. The molecule has 1 atom stereocenters. The predicted molar refractivity (Wildman–Crippen MR) is 95.1 cm³/mol. The van der Waals surface area contributed by atoms with Gasteiger partial charge >= 0.3 is 0 Å². The number of fused-ring (bicyclic) bond motifs is 1. The summed E-state index contributed by atoms with van der Waals surface area (Å²) in [5, 5.41) is 0. The Bertz CT molecular complexity index is 612. The second kappa shape index (κ2) is 8.06. The van der Waals surface area contributed by atoms with E-state index < -0.39 is 0 Å². The number of rotatable bonds is 6. The van der Waals surface area contributed by atoms with Gasteiger partial charge in [0.2, 0.25) is 5.91 Å².